The average Bonchev–Trinajstić information content (AvgIpc) is 2.03. The first-order valence-electron chi connectivity index (χ1n) is 2.79. The maximum atomic E-state index is 9.94. The summed E-state index contributed by atoms with van der Waals surface area (Å²) in [4.78, 5) is 20.6. The van der Waals surface area contributed by atoms with Crippen LogP contribution in [0.1, 0.15) is 0 Å². The van der Waals surface area contributed by atoms with Crippen molar-refractivity contribution < 1.29 is 0 Å². The van der Waals surface area contributed by atoms with Gasteiger partial charge in [0.05, 0.1) is 0 Å². The molecule has 0 aliphatic heterocycles. The number of nitrogens with zero attached hydrogens (tertiary/aromatic N) is 4. The molecule has 1 aromatic heterocycles. The van der Waals surface area contributed by atoms with Crippen molar-refractivity contribution >= 4 is 17.8 Å². The van der Waals surface area contributed by atoms with Gasteiger partial charge in [-0.25, -0.2) is 0 Å². The fraction of sp³-hybridized carbons (Fsp3) is 0.250. The summed E-state index contributed by atoms with van der Waals surface area (Å²) in [7, 11) is 1.60. The lowest BCUT2D eigenvalue weighted by Gasteiger charge is -1.97. The molecule has 0 aliphatic rings. The Balaban J connectivity index is 3.11. The Morgan fingerprint density at radius 1 is 1.45 bits per heavy atom. The predicted molar refractivity (Wildman–Crippen MR) is 39.2 cm³/mol. The summed E-state index contributed by atoms with van der Waals surface area (Å²) in [5.74, 6) is -0.0205. The standard InChI is InChI=1S/C4H6N6O/c1-6-3-7-2(5)8-4(9-3)10-11/h1H3,(H3,5,6,7,8,9). The minimum Gasteiger partial charge on any atom is -0.368 e. The third-order valence-electron chi connectivity index (χ3n) is 0.946. The van der Waals surface area contributed by atoms with Crippen molar-refractivity contribution in [3.63, 3.8) is 0 Å². The molecule has 0 aromatic carbocycles. The van der Waals surface area contributed by atoms with Crippen molar-refractivity contribution in [1.29, 1.82) is 0 Å². The number of hydrogen-bond acceptors (Lipinski definition) is 7. The van der Waals surface area contributed by atoms with Gasteiger partial charge in [-0.15, -0.1) is 4.91 Å². The fourth-order valence-electron chi connectivity index (χ4n) is 0.533. The highest BCUT2D eigenvalue weighted by Crippen LogP contribution is 2.07. The quantitative estimate of drug-likeness (QED) is 0.576. The van der Waals surface area contributed by atoms with Crippen LogP contribution in [0.25, 0.3) is 0 Å². The number of aromatic nitrogens is 3. The van der Waals surface area contributed by atoms with E-state index >= 15 is 0 Å². The van der Waals surface area contributed by atoms with E-state index in [-0.39, 0.29) is 17.8 Å². The first-order chi connectivity index (χ1) is 5.26. The highest BCUT2D eigenvalue weighted by atomic mass is 16.3. The third kappa shape index (κ3) is 1.57. The van der Waals surface area contributed by atoms with Crippen molar-refractivity contribution in [2.45, 2.75) is 0 Å². The van der Waals surface area contributed by atoms with Crippen LogP contribution >= 0.6 is 0 Å². The molecule has 1 rings (SSSR count). The molecule has 1 aromatic rings. The van der Waals surface area contributed by atoms with E-state index in [0.29, 0.717) is 0 Å². The van der Waals surface area contributed by atoms with Crippen LogP contribution in [-0.4, -0.2) is 22.0 Å². The Morgan fingerprint density at radius 2 is 2.18 bits per heavy atom. The molecule has 11 heavy (non-hydrogen) atoms. The number of nitroso groups, excluding NO2 is 1. The molecule has 0 amide bonds. The van der Waals surface area contributed by atoms with Gasteiger partial charge >= 0.3 is 0 Å². The number of nitrogens with one attached hydrogen (secondary N) is 1. The van der Waals surface area contributed by atoms with Gasteiger partial charge in [-0.05, 0) is 0 Å². The normalized spacial score (nSPS) is 9.18. The number of anilines is 2. The molecule has 0 unspecified atom stereocenters. The maximum absolute atomic E-state index is 9.94. The van der Waals surface area contributed by atoms with Crippen molar-refractivity contribution in [1.82, 2.24) is 15.0 Å². The average molecular weight is 154 g/mol. The van der Waals surface area contributed by atoms with Crippen LogP contribution in [0.15, 0.2) is 5.18 Å². The number of hydrogen-bond donors (Lipinski definition) is 2. The van der Waals surface area contributed by atoms with Crippen LogP contribution in [-0.2, 0) is 0 Å². The number of nitrogens with two attached hydrogens (primary N) is 1. The molecule has 0 fully saturated rings. The molecule has 3 N–H and O–H groups in total. The van der Waals surface area contributed by atoms with Crippen LogP contribution in [0.2, 0.25) is 0 Å². The van der Waals surface area contributed by atoms with Crippen molar-refractivity contribution in [3.8, 4) is 0 Å². The Hall–Kier alpha value is -1.79. The van der Waals surface area contributed by atoms with Gasteiger partial charge < -0.3 is 11.1 Å². The van der Waals surface area contributed by atoms with Gasteiger partial charge in [0, 0.05) is 12.2 Å². The van der Waals surface area contributed by atoms with Gasteiger partial charge in [0.25, 0.3) is 5.95 Å². The van der Waals surface area contributed by atoms with Gasteiger partial charge in [-0.3, -0.25) is 0 Å². The molecule has 0 bridgehead atoms. The molecule has 7 heteroatoms. The summed E-state index contributed by atoms with van der Waals surface area (Å²) in [6, 6.07) is 0. The molecule has 0 saturated heterocycles. The van der Waals surface area contributed by atoms with Crippen molar-refractivity contribution in [3.05, 3.63) is 4.91 Å². The monoisotopic (exact) mass is 154 g/mol. The minimum atomic E-state index is -0.221. The molecule has 7 nitrogen and oxygen atoms in total. The lowest BCUT2D eigenvalue weighted by Crippen LogP contribution is -2.02. The maximum Gasteiger partial charge on any atom is 0.297 e. The van der Waals surface area contributed by atoms with Gasteiger partial charge in [-0.2, -0.15) is 15.0 Å². The molecule has 0 atom stereocenters. The van der Waals surface area contributed by atoms with Gasteiger partial charge in [0.2, 0.25) is 11.9 Å². The topological polar surface area (TPSA) is 106 Å². The van der Waals surface area contributed by atoms with Crippen LogP contribution in [0, 0.1) is 4.91 Å². The summed E-state index contributed by atoms with van der Waals surface area (Å²) in [5, 5.41) is 5.11. The zero-order valence-electron chi connectivity index (χ0n) is 5.77. The summed E-state index contributed by atoms with van der Waals surface area (Å²) >= 11 is 0. The molecular weight excluding hydrogens is 148 g/mol. The van der Waals surface area contributed by atoms with Crippen LogP contribution in [0.3, 0.4) is 0 Å². The van der Waals surface area contributed by atoms with E-state index in [1.165, 1.54) is 0 Å². The van der Waals surface area contributed by atoms with Crippen molar-refractivity contribution in [2.75, 3.05) is 18.1 Å². The SMILES string of the molecule is CNc1nc(N)nc(N=O)n1. The third-order valence-corrected chi connectivity index (χ3v) is 0.946. The Morgan fingerprint density at radius 3 is 2.73 bits per heavy atom. The van der Waals surface area contributed by atoms with Crippen LogP contribution in [0.5, 0.6) is 0 Å². The second kappa shape index (κ2) is 2.86. The summed E-state index contributed by atoms with van der Waals surface area (Å²) in [5.41, 5.74) is 5.21. The summed E-state index contributed by atoms with van der Waals surface area (Å²) < 4.78 is 0. The Bertz CT molecular complexity index is 273. The smallest absolute Gasteiger partial charge is 0.297 e. The first kappa shape index (κ1) is 7.32. The molecule has 58 valence electrons. The lowest BCUT2D eigenvalue weighted by molar-refractivity contribution is 1.04. The molecular formula is C4H6N6O. The molecule has 0 spiro atoms. The van der Waals surface area contributed by atoms with E-state index in [1.54, 1.807) is 7.05 Å². The van der Waals surface area contributed by atoms with E-state index in [9.17, 15) is 4.91 Å². The fourth-order valence-corrected chi connectivity index (χ4v) is 0.533. The van der Waals surface area contributed by atoms with E-state index in [0.717, 1.165) is 0 Å². The highest BCUT2D eigenvalue weighted by Gasteiger charge is 2.00. The van der Waals surface area contributed by atoms with E-state index in [1.807, 2.05) is 0 Å². The second-order valence-electron chi connectivity index (χ2n) is 1.66. The second-order valence-corrected chi connectivity index (χ2v) is 1.66. The summed E-state index contributed by atoms with van der Waals surface area (Å²) in [6.45, 7) is 0. The highest BCUT2D eigenvalue weighted by molar-refractivity contribution is 5.35. The van der Waals surface area contributed by atoms with E-state index < -0.39 is 0 Å². The Kier molecular flexibility index (Phi) is 1.90. The first-order valence-corrected chi connectivity index (χ1v) is 2.79. The number of nitrogen functional groups attached to an aromatic ring is 1. The van der Waals surface area contributed by atoms with Gasteiger partial charge in [0.15, 0.2) is 0 Å². The molecule has 0 saturated carbocycles. The molecule has 0 aliphatic carbocycles. The predicted octanol–water partition coefficient (Wildman–Crippen LogP) is -0.107. The largest absolute Gasteiger partial charge is 0.368 e. The van der Waals surface area contributed by atoms with Gasteiger partial charge in [-0.1, -0.05) is 0 Å². The van der Waals surface area contributed by atoms with E-state index in [2.05, 4.69) is 25.4 Å². The molecule has 1 heterocycles. The molecule has 0 radical (unpaired) electrons. The zero-order valence-corrected chi connectivity index (χ0v) is 5.77. The van der Waals surface area contributed by atoms with Crippen LogP contribution < -0.4 is 11.1 Å². The minimum absolute atomic E-state index is 0.0287. The Labute approximate surface area is 62.0 Å². The van der Waals surface area contributed by atoms with Crippen LogP contribution in [0.4, 0.5) is 17.8 Å². The number of rotatable bonds is 2. The lowest BCUT2D eigenvalue weighted by atomic mass is 10.8. The van der Waals surface area contributed by atoms with Gasteiger partial charge in [0.1, 0.15) is 0 Å². The zero-order chi connectivity index (χ0) is 8.27. The summed E-state index contributed by atoms with van der Waals surface area (Å²) in [6.07, 6.45) is 0. The van der Waals surface area contributed by atoms with Crippen molar-refractivity contribution in [2.24, 2.45) is 5.18 Å². The van der Waals surface area contributed by atoms with E-state index in [4.69, 9.17) is 5.73 Å².